The number of carbonyl (C=O) groups excluding carboxylic acids is 1. The molecule has 0 unspecified atom stereocenters. The molecule has 1 rings (SSSR count). The van der Waals surface area contributed by atoms with Crippen molar-refractivity contribution in [1.82, 2.24) is 5.32 Å². The molecule has 4 nitrogen and oxygen atoms in total. The molecule has 0 aliphatic rings. The van der Waals surface area contributed by atoms with Crippen LogP contribution in [0.25, 0.3) is 0 Å². The maximum absolute atomic E-state index is 11.1. The van der Waals surface area contributed by atoms with E-state index in [1.54, 1.807) is 0 Å². The van der Waals surface area contributed by atoms with Crippen LogP contribution < -0.4 is 5.32 Å². The van der Waals surface area contributed by atoms with E-state index in [0.29, 0.717) is 5.56 Å². The van der Waals surface area contributed by atoms with Crippen LogP contribution in [0.2, 0.25) is 0 Å². The van der Waals surface area contributed by atoms with Crippen LogP contribution in [0.15, 0.2) is 15.7 Å². The summed E-state index contributed by atoms with van der Waals surface area (Å²) < 4.78 is 22.3. The third kappa shape index (κ3) is 2.28. The molecule has 0 spiro atoms. The molecule has 0 saturated carbocycles. The number of rotatable bonds is 2. The van der Waals surface area contributed by atoms with Crippen molar-refractivity contribution >= 4 is 27.1 Å². The van der Waals surface area contributed by atoms with Crippen molar-refractivity contribution in [2.45, 2.75) is 4.21 Å². The van der Waals surface area contributed by atoms with Gasteiger partial charge in [-0.05, 0) is 6.07 Å². The number of nitrogens with one attached hydrogen (secondary N) is 1. The smallest absolute Gasteiger partial charge is 0.251 e. The summed E-state index contributed by atoms with van der Waals surface area (Å²) in [5.41, 5.74) is 0.382. The van der Waals surface area contributed by atoms with Crippen molar-refractivity contribution in [2.24, 2.45) is 0 Å². The van der Waals surface area contributed by atoms with Crippen LogP contribution in [0.3, 0.4) is 0 Å². The second kappa shape index (κ2) is 3.47. The van der Waals surface area contributed by atoms with E-state index in [1.807, 2.05) is 0 Å². The molecule has 0 radical (unpaired) electrons. The predicted octanol–water partition coefficient (Wildman–Crippen LogP) is 0.511. The minimum atomic E-state index is -3.19. The Morgan fingerprint density at radius 3 is 2.54 bits per heavy atom. The van der Waals surface area contributed by atoms with E-state index in [2.05, 4.69) is 5.32 Å². The zero-order valence-corrected chi connectivity index (χ0v) is 8.83. The van der Waals surface area contributed by atoms with Crippen LogP contribution in [0.5, 0.6) is 0 Å². The first-order valence-electron chi connectivity index (χ1n) is 3.46. The Labute approximate surface area is 80.5 Å². The third-order valence-electron chi connectivity index (χ3n) is 1.43. The molecule has 1 N–H and O–H groups in total. The van der Waals surface area contributed by atoms with E-state index < -0.39 is 9.84 Å². The summed E-state index contributed by atoms with van der Waals surface area (Å²) in [4.78, 5) is 11.1. The van der Waals surface area contributed by atoms with Crippen molar-refractivity contribution in [3.8, 4) is 0 Å². The van der Waals surface area contributed by atoms with Crippen LogP contribution in [-0.2, 0) is 9.84 Å². The van der Waals surface area contributed by atoms with Gasteiger partial charge >= 0.3 is 0 Å². The molecular weight excluding hydrogens is 210 g/mol. The average Bonchev–Trinajstić information content (AvgIpc) is 2.50. The molecule has 0 atom stereocenters. The summed E-state index contributed by atoms with van der Waals surface area (Å²) in [6.45, 7) is 0. The molecule has 1 aromatic heterocycles. The zero-order valence-electron chi connectivity index (χ0n) is 7.20. The van der Waals surface area contributed by atoms with E-state index >= 15 is 0 Å². The highest BCUT2D eigenvalue weighted by molar-refractivity contribution is 7.92. The first kappa shape index (κ1) is 10.2. The van der Waals surface area contributed by atoms with E-state index in [4.69, 9.17) is 0 Å². The highest BCUT2D eigenvalue weighted by Gasteiger charge is 2.13. The van der Waals surface area contributed by atoms with Crippen LogP contribution in [0.4, 0.5) is 0 Å². The zero-order chi connectivity index (χ0) is 10.1. The first-order valence-corrected chi connectivity index (χ1v) is 6.23. The summed E-state index contributed by atoms with van der Waals surface area (Å²) in [6.07, 6.45) is 1.12. The molecule has 0 aliphatic carbocycles. The Hall–Kier alpha value is -0.880. The molecule has 72 valence electrons. The van der Waals surface area contributed by atoms with Gasteiger partial charge in [0.15, 0.2) is 9.84 Å². The van der Waals surface area contributed by atoms with Crippen LogP contribution in [0.1, 0.15) is 10.4 Å². The van der Waals surface area contributed by atoms with Crippen LogP contribution in [-0.4, -0.2) is 27.6 Å². The normalized spacial score (nSPS) is 11.2. The number of hydrogen-bond acceptors (Lipinski definition) is 4. The van der Waals surface area contributed by atoms with Crippen molar-refractivity contribution < 1.29 is 13.2 Å². The number of hydrogen-bond donors (Lipinski definition) is 1. The van der Waals surface area contributed by atoms with Gasteiger partial charge in [-0.1, -0.05) is 0 Å². The SMILES string of the molecule is CNC(=O)c1csc(S(C)(=O)=O)c1. The van der Waals surface area contributed by atoms with Gasteiger partial charge in [0.25, 0.3) is 5.91 Å². The minimum Gasteiger partial charge on any atom is -0.355 e. The van der Waals surface area contributed by atoms with Crippen molar-refractivity contribution in [1.29, 1.82) is 0 Å². The topological polar surface area (TPSA) is 63.2 Å². The van der Waals surface area contributed by atoms with Gasteiger partial charge in [-0.15, -0.1) is 11.3 Å². The molecule has 0 fully saturated rings. The Balaban J connectivity index is 3.07. The standard InChI is InChI=1S/C7H9NO3S2/c1-8-7(9)5-3-6(12-4-5)13(2,10)11/h3-4H,1-2H3,(H,8,9). The molecule has 0 aliphatic heterocycles. The summed E-state index contributed by atoms with van der Waals surface area (Å²) in [7, 11) is -1.69. The van der Waals surface area contributed by atoms with Gasteiger partial charge in [-0.2, -0.15) is 0 Å². The Kier molecular flexibility index (Phi) is 2.72. The Morgan fingerprint density at radius 2 is 2.15 bits per heavy atom. The number of amides is 1. The predicted molar refractivity (Wildman–Crippen MR) is 50.8 cm³/mol. The van der Waals surface area contributed by atoms with Crippen LogP contribution in [0, 0.1) is 0 Å². The van der Waals surface area contributed by atoms with Gasteiger partial charge in [0.1, 0.15) is 4.21 Å². The Bertz CT molecular complexity index is 419. The lowest BCUT2D eigenvalue weighted by molar-refractivity contribution is 0.0963. The van der Waals surface area contributed by atoms with E-state index in [9.17, 15) is 13.2 Å². The molecule has 0 aromatic carbocycles. The fourth-order valence-electron chi connectivity index (χ4n) is 0.774. The summed E-state index contributed by atoms with van der Waals surface area (Å²) in [5, 5.41) is 3.94. The third-order valence-corrected chi connectivity index (χ3v) is 4.20. The highest BCUT2D eigenvalue weighted by atomic mass is 32.2. The maximum atomic E-state index is 11.1. The van der Waals surface area contributed by atoms with Gasteiger partial charge in [0.05, 0.1) is 5.56 Å². The fraction of sp³-hybridized carbons (Fsp3) is 0.286. The molecular formula is C7H9NO3S2. The van der Waals surface area contributed by atoms with Gasteiger partial charge < -0.3 is 5.32 Å². The quantitative estimate of drug-likeness (QED) is 0.788. The number of carbonyl (C=O) groups is 1. The monoisotopic (exact) mass is 219 g/mol. The lowest BCUT2D eigenvalue weighted by Gasteiger charge is -1.92. The summed E-state index contributed by atoms with van der Waals surface area (Å²) in [6, 6.07) is 1.37. The van der Waals surface area contributed by atoms with Gasteiger partial charge in [0.2, 0.25) is 0 Å². The van der Waals surface area contributed by atoms with E-state index in [-0.39, 0.29) is 10.1 Å². The molecule has 13 heavy (non-hydrogen) atoms. The summed E-state index contributed by atoms with van der Waals surface area (Å²) >= 11 is 1.05. The molecule has 1 amide bonds. The van der Waals surface area contributed by atoms with Crippen molar-refractivity contribution in [2.75, 3.05) is 13.3 Å². The highest BCUT2D eigenvalue weighted by Crippen LogP contribution is 2.19. The van der Waals surface area contributed by atoms with Gasteiger partial charge in [-0.3, -0.25) is 4.79 Å². The van der Waals surface area contributed by atoms with E-state index in [0.717, 1.165) is 17.6 Å². The maximum Gasteiger partial charge on any atom is 0.251 e. The fourth-order valence-corrected chi connectivity index (χ4v) is 2.57. The molecule has 6 heteroatoms. The number of thiophene rings is 1. The van der Waals surface area contributed by atoms with Crippen molar-refractivity contribution in [3.63, 3.8) is 0 Å². The molecule has 0 bridgehead atoms. The molecule has 0 saturated heterocycles. The number of sulfone groups is 1. The lowest BCUT2D eigenvalue weighted by atomic mass is 10.3. The summed E-state index contributed by atoms with van der Waals surface area (Å²) in [5.74, 6) is -0.272. The van der Waals surface area contributed by atoms with E-state index in [1.165, 1.54) is 18.5 Å². The van der Waals surface area contributed by atoms with Gasteiger partial charge in [-0.25, -0.2) is 8.42 Å². The molecule has 1 heterocycles. The lowest BCUT2D eigenvalue weighted by Crippen LogP contribution is -2.16. The first-order chi connectivity index (χ1) is 5.95. The second-order valence-corrected chi connectivity index (χ2v) is 5.66. The van der Waals surface area contributed by atoms with Gasteiger partial charge in [0, 0.05) is 18.7 Å². The second-order valence-electron chi connectivity index (χ2n) is 2.51. The molecule has 1 aromatic rings. The van der Waals surface area contributed by atoms with Crippen LogP contribution >= 0.6 is 11.3 Å². The minimum absolute atomic E-state index is 0.214. The average molecular weight is 219 g/mol. The van der Waals surface area contributed by atoms with Crippen molar-refractivity contribution in [3.05, 3.63) is 17.0 Å². The Morgan fingerprint density at radius 1 is 1.54 bits per heavy atom. The largest absolute Gasteiger partial charge is 0.355 e.